The normalized spacial score (nSPS) is 21.1. The van der Waals surface area contributed by atoms with Crippen LogP contribution in [-0.2, 0) is 19.2 Å². The van der Waals surface area contributed by atoms with E-state index in [9.17, 15) is 19.2 Å². The highest BCUT2D eigenvalue weighted by atomic mass is 16.2. The Morgan fingerprint density at radius 1 is 0.640 bits per heavy atom. The van der Waals surface area contributed by atoms with Crippen LogP contribution in [0.1, 0.15) is 23.0 Å². The number of carbonyl (C=O) groups is 4. The molecule has 1 fully saturated rings. The molecule has 0 spiro atoms. The highest BCUT2D eigenvalue weighted by Crippen LogP contribution is 2.34. The molecule has 0 saturated heterocycles. The minimum atomic E-state index is -1.36. The molecule has 2 aromatic carbocycles. The molecule has 4 rings (SSSR count). The molecule has 1 aliphatic rings. The number of benzene rings is 2. The van der Waals surface area contributed by atoms with Crippen LogP contribution < -0.4 is 0 Å². The molecule has 0 unspecified atom stereocenters. The maximum Gasteiger partial charge on any atom is 0.214 e. The van der Waals surface area contributed by atoms with E-state index in [1.54, 1.807) is 48.5 Å². The van der Waals surface area contributed by atoms with Crippen molar-refractivity contribution in [1.82, 2.24) is 4.98 Å². The van der Waals surface area contributed by atoms with Crippen LogP contribution in [0.2, 0.25) is 0 Å². The van der Waals surface area contributed by atoms with Gasteiger partial charge in [-0.15, -0.1) is 0 Å². The Morgan fingerprint density at radius 3 is 1.88 bits per heavy atom. The first-order chi connectivity index (χ1) is 12.1. The SMILES string of the molecule is O=C1C(=O)C(c2c[nH]c3ccccc23)C(=O)C(=O)C1c1ccccc1. The first kappa shape index (κ1) is 15.2. The zero-order valence-electron chi connectivity index (χ0n) is 13.1. The van der Waals surface area contributed by atoms with Crippen molar-refractivity contribution in [2.75, 3.05) is 0 Å². The largest absolute Gasteiger partial charge is 0.361 e. The van der Waals surface area contributed by atoms with Crippen LogP contribution in [0.4, 0.5) is 0 Å². The Bertz CT molecular complexity index is 1000. The second-order valence-electron chi connectivity index (χ2n) is 6.02. The van der Waals surface area contributed by atoms with Crippen molar-refractivity contribution >= 4 is 34.0 Å². The van der Waals surface area contributed by atoms with Crippen LogP contribution >= 0.6 is 0 Å². The molecule has 25 heavy (non-hydrogen) atoms. The van der Waals surface area contributed by atoms with Gasteiger partial charge in [-0.1, -0.05) is 48.5 Å². The van der Waals surface area contributed by atoms with Gasteiger partial charge in [0.15, 0.2) is 0 Å². The summed E-state index contributed by atoms with van der Waals surface area (Å²) in [5, 5.41) is 0.660. The average molecular weight is 331 g/mol. The summed E-state index contributed by atoms with van der Waals surface area (Å²) in [6, 6.07) is 15.3. The van der Waals surface area contributed by atoms with Gasteiger partial charge >= 0.3 is 0 Å². The van der Waals surface area contributed by atoms with Crippen molar-refractivity contribution in [3.8, 4) is 0 Å². The minimum absolute atomic E-state index is 0.372. The number of Topliss-reactive ketones (excluding diaryl/α,β-unsaturated/α-hetero) is 4. The van der Waals surface area contributed by atoms with Gasteiger partial charge in [-0.3, -0.25) is 19.2 Å². The number of aromatic nitrogens is 1. The standard InChI is InChI=1S/C20H13NO4/c22-17-15(11-6-2-1-3-7-11)18(23)20(25)16(19(17)24)13-10-21-14-9-5-4-8-12(13)14/h1-10,15-16,21H. The fourth-order valence-electron chi connectivity index (χ4n) is 3.37. The van der Waals surface area contributed by atoms with E-state index in [1.165, 1.54) is 6.20 Å². The third kappa shape index (κ3) is 2.24. The summed E-state index contributed by atoms with van der Waals surface area (Å²) in [5.41, 5.74) is 1.48. The van der Waals surface area contributed by atoms with Crippen LogP contribution in [0.3, 0.4) is 0 Å². The average Bonchev–Trinajstić information content (AvgIpc) is 3.05. The van der Waals surface area contributed by atoms with Crippen LogP contribution in [-0.4, -0.2) is 28.1 Å². The molecule has 0 atom stereocenters. The summed E-state index contributed by atoms with van der Waals surface area (Å²) in [4.78, 5) is 53.5. The maximum absolute atomic E-state index is 12.7. The summed E-state index contributed by atoms with van der Waals surface area (Å²) in [7, 11) is 0. The summed E-state index contributed by atoms with van der Waals surface area (Å²) < 4.78 is 0. The predicted octanol–water partition coefficient (Wildman–Crippen LogP) is 2.33. The van der Waals surface area contributed by atoms with Gasteiger partial charge in [-0.2, -0.15) is 0 Å². The van der Waals surface area contributed by atoms with Gasteiger partial charge in [0, 0.05) is 17.1 Å². The van der Waals surface area contributed by atoms with E-state index in [-0.39, 0.29) is 0 Å². The van der Waals surface area contributed by atoms with Gasteiger partial charge < -0.3 is 4.98 Å². The van der Waals surface area contributed by atoms with Gasteiger partial charge in [-0.05, 0) is 17.2 Å². The third-order valence-electron chi connectivity index (χ3n) is 4.60. The highest BCUT2D eigenvalue weighted by Gasteiger charge is 2.50. The highest BCUT2D eigenvalue weighted by molar-refractivity contribution is 6.63. The third-order valence-corrected chi connectivity index (χ3v) is 4.60. The topological polar surface area (TPSA) is 84.1 Å². The second kappa shape index (κ2) is 5.63. The molecule has 1 saturated carbocycles. The van der Waals surface area contributed by atoms with Crippen LogP contribution in [0, 0.1) is 0 Å². The van der Waals surface area contributed by atoms with Crippen molar-refractivity contribution < 1.29 is 19.2 Å². The lowest BCUT2D eigenvalue weighted by Gasteiger charge is -2.24. The van der Waals surface area contributed by atoms with Gasteiger partial charge in [0.05, 0.1) is 0 Å². The Morgan fingerprint density at radius 2 is 1.20 bits per heavy atom. The van der Waals surface area contributed by atoms with Crippen molar-refractivity contribution in [3.63, 3.8) is 0 Å². The number of nitrogens with one attached hydrogen (secondary N) is 1. The van der Waals surface area contributed by atoms with Crippen molar-refractivity contribution in [3.05, 3.63) is 71.9 Å². The fraction of sp³-hybridized carbons (Fsp3) is 0.100. The lowest BCUT2D eigenvalue weighted by atomic mass is 9.72. The Hall–Kier alpha value is -3.34. The van der Waals surface area contributed by atoms with E-state index in [2.05, 4.69) is 4.98 Å². The number of fused-ring (bicyclic) bond motifs is 1. The molecule has 1 N–H and O–H groups in total. The molecule has 122 valence electrons. The summed E-state index contributed by atoms with van der Waals surface area (Å²) >= 11 is 0. The zero-order chi connectivity index (χ0) is 17.6. The van der Waals surface area contributed by atoms with Crippen molar-refractivity contribution in [2.45, 2.75) is 11.8 Å². The molecule has 0 radical (unpaired) electrons. The van der Waals surface area contributed by atoms with E-state index in [1.807, 2.05) is 6.07 Å². The quantitative estimate of drug-likeness (QED) is 0.577. The number of H-pyrrole nitrogens is 1. The van der Waals surface area contributed by atoms with E-state index >= 15 is 0 Å². The van der Waals surface area contributed by atoms with E-state index in [0.29, 0.717) is 16.5 Å². The van der Waals surface area contributed by atoms with Crippen LogP contribution in [0.5, 0.6) is 0 Å². The molecule has 1 heterocycles. The number of hydrogen-bond donors (Lipinski definition) is 1. The number of para-hydroxylation sites is 1. The number of carbonyl (C=O) groups excluding carboxylic acids is 4. The Labute approximate surface area is 142 Å². The number of hydrogen-bond acceptors (Lipinski definition) is 4. The lowest BCUT2D eigenvalue weighted by molar-refractivity contribution is -0.151. The van der Waals surface area contributed by atoms with Gasteiger partial charge in [0.25, 0.3) is 0 Å². The maximum atomic E-state index is 12.7. The summed E-state index contributed by atoms with van der Waals surface area (Å²) in [5.74, 6) is -6.01. The molecular weight excluding hydrogens is 318 g/mol. The smallest absolute Gasteiger partial charge is 0.214 e. The van der Waals surface area contributed by atoms with Crippen molar-refractivity contribution in [1.29, 1.82) is 0 Å². The van der Waals surface area contributed by atoms with E-state index < -0.39 is 35.0 Å². The lowest BCUT2D eigenvalue weighted by Crippen LogP contribution is -2.46. The molecular formula is C20H13NO4. The molecule has 5 nitrogen and oxygen atoms in total. The molecule has 0 aliphatic heterocycles. The number of aromatic amines is 1. The Balaban J connectivity index is 1.81. The summed E-state index contributed by atoms with van der Waals surface area (Å²) in [6.45, 7) is 0. The van der Waals surface area contributed by atoms with Crippen LogP contribution in [0.15, 0.2) is 60.8 Å². The molecule has 0 bridgehead atoms. The fourth-order valence-corrected chi connectivity index (χ4v) is 3.37. The van der Waals surface area contributed by atoms with Crippen LogP contribution in [0.25, 0.3) is 10.9 Å². The molecule has 3 aromatic rings. The first-order valence-corrected chi connectivity index (χ1v) is 7.86. The van der Waals surface area contributed by atoms with Crippen molar-refractivity contribution in [2.24, 2.45) is 0 Å². The first-order valence-electron chi connectivity index (χ1n) is 7.86. The van der Waals surface area contributed by atoms with Gasteiger partial charge in [0.2, 0.25) is 23.1 Å². The predicted molar refractivity (Wildman–Crippen MR) is 90.3 cm³/mol. The van der Waals surface area contributed by atoms with E-state index in [4.69, 9.17) is 0 Å². The molecule has 1 aliphatic carbocycles. The monoisotopic (exact) mass is 331 g/mol. The second-order valence-corrected chi connectivity index (χ2v) is 6.02. The van der Waals surface area contributed by atoms with Gasteiger partial charge in [-0.25, -0.2) is 0 Å². The summed E-state index contributed by atoms with van der Waals surface area (Å²) in [6.07, 6.45) is 1.52. The molecule has 0 amide bonds. The minimum Gasteiger partial charge on any atom is -0.361 e. The number of rotatable bonds is 2. The number of ketones is 4. The molecule has 5 heteroatoms. The van der Waals surface area contributed by atoms with E-state index in [0.717, 1.165) is 5.52 Å². The Kier molecular flexibility index (Phi) is 3.42. The molecule has 1 aromatic heterocycles. The zero-order valence-corrected chi connectivity index (χ0v) is 13.1. The van der Waals surface area contributed by atoms with Gasteiger partial charge in [0.1, 0.15) is 11.8 Å².